The summed E-state index contributed by atoms with van der Waals surface area (Å²) in [6.45, 7) is 4.55. The highest BCUT2D eigenvalue weighted by molar-refractivity contribution is 5.69. The number of carbonyl (C=O) groups excluding carboxylic acids is 2. The molecule has 26 heavy (non-hydrogen) atoms. The van der Waals surface area contributed by atoms with Crippen LogP contribution in [0.25, 0.3) is 0 Å². The third kappa shape index (κ3) is 4.35. The van der Waals surface area contributed by atoms with Gasteiger partial charge in [0.25, 0.3) is 0 Å². The van der Waals surface area contributed by atoms with Crippen LogP contribution in [0.4, 0.5) is 0 Å². The van der Waals surface area contributed by atoms with E-state index in [4.69, 9.17) is 18.9 Å². The van der Waals surface area contributed by atoms with Crippen LogP contribution in [0.2, 0.25) is 0 Å². The zero-order valence-corrected chi connectivity index (χ0v) is 15.8. The van der Waals surface area contributed by atoms with Crippen molar-refractivity contribution in [1.82, 2.24) is 0 Å². The molecule has 2 aliphatic heterocycles. The Bertz CT molecular complexity index is 536. The van der Waals surface area contributed by atoms with Gasteiger partial charge < -0.3 is 18.9 Å². The van der Waals surface area contributed by atoms with E-state index < -0.39 is 5.79 Å². The summed E-state index contributed by atoms with van der Waals surface area (Å²) >= 11 is 0. The molecule has 3 fully saturated rings. The number of aldehydes is 1. The number of hydrogen-bond acceptors (Lipinski definition) is 6. The number of allylic oxidation sites excluding steroid dienone is 1. The topological polar surface area (TPSA) is 71.1 Å². The van der Waals surface area contributed by atoms with Crippen molar-refractivity contribution in [3.05, 3.63) is 11.6 Å². The van der Waals surface area contributed by atoms with E-state index in [0.29, 0.717) is 19.6 Å². The van der Waals surface area contributed by atoms with Gasteiger partial charge in [-0.3, -0.25) is 9.59 Å². The minimum atomic E-state index is -0.533. The lowest BCUT2D eigenvalue weighted by Crippen LogP contribution is -2.49. The van der Waals surface area contributed by atoms with Gasteiger partial charge in [-0.25, -0.2) is 0 Å². The first-order valence-corrected chi connectivity index (χ1v) is 9.80. The predicted molar refractivity (Wildman–Crippen MR) is 94.5 cm³/mol. The third-order valence-electron chi connectivity index (χ3n) is 5.61. The zero-order valence-electron chi connectivity index (χ0n) is 15.8. The van der Waals surface area contributed by atoms with E-state index in [2.05, 4.69) is 0 Å². The number of rotatable bonds is 6. The van der Waals surface area contributed by atoms with E-state index in [1.807, 2.05) is 13.8 Å². The quantitative estimate of drug-likeness (QED) is 0.409. The summed E-state index contributed by atoms with van der Waals surface area (Å²) in [7, 11) is 0. The Kier molecular flexibility index (Phi) is 6.48. The lowest BCUT2D eigenvalue weighted by Gasteiger charge is -2.37. The second kappa shape index (κ2) is 8.63. The number of fused-ring (bicyclic) bond motifs is 1. The van der Waals surface area contributed by atoms with E-state index in [9.17, 15) is 9.59 Å². The summed E-state index contributed by atoms with van der Waals surface area (Å²) in [4.78, 5) is 22.7. The molecule has 0 bridgehead atoms. The highest BCUT2D eigenvalue weighted by Gasteiger charge is 2.55. The standard InChI is InChI=1S/C20H30O6/c1-3-23-17(22)12-15-13-24-16(11-14(2)7-10-21)19-18(15)25-20(26-19)8-5-4-6-9-20/h7,10,15-16,18-19H,3-6,8-9,11-13H2,1-2H3/b14-7+/t15-,16-,18-,19+/m1/s1. The van der Waals surface area contributed by atoms with Gasteiger partial charge >= 0.3 is 5.97 Å². The highest BCUT2D eigenvalue weighted by Crippen LogP contribution is 2.46. The van der Waals surface area contributed by atoms with Crippen LogP contribution in [0.3, 0.4) is 0 Å². The number of esters is 1. The number of carbonyl (C=O) groups is 2. The summed E-state index contributed by atoms with van der Waals surface area (Å²) in [5, 5.41) is 0. The molecule has 1 aliphatic carbocycles. The molecule has 0 radical (unpaired) electrons. The summed E-state index contributed by atoms with van der Waals surface area (Å²) in [6, 6.07) is 0. The van der Waals surface area contributed by atoms with Gasteiger partial charge in [-0.1, -0.05) is 12.0 Å². The molecule has 2 heterocycles. The molecule has 0 N–H and O–H groups in total. The monoisotopic (exact) mass is 366 g/mol. The first kappa shape index (κ1) is 19.5. The Morgan fingerprint density at radius 3 is 2.58 bits per heavy atom. The van der Waals surface area contributed by atoms with E-state index >= 15 is 0 Å². The minimum absolute atomic E-state index is 0.0630. The summed E-state index contributed by atoms with van der Waals surface area (Å²) in [6.07, 6.45) is 7.92. The second-order valence-corrected chi connectivity index (χ2v) is 7.63. The van der Waals surface area contributed by atoms with Gasteiger partial charge in [0.1, 0.15) is 12.4 Å². The fourth-order valence-electron chi connectivity index (χ4n) is 4.36. The molecular weight excluding hydrogens is 336 g/mol. The Hall–Kier alpha value is -1.24. The van der Waals surface area contributed by atoms with Gasteiger partial charge in [-0.05, 0) is 39.2 Å². The molecule has 0 unspecified atom stereocenters. The van der Waals surface area contributed by atoms with Crippen LogP contribution in [0, 0.1) is 5.92 Å². The lowest BCUT2D eigenvalue weighted by atomic mass is 9.88. The molecule has 4 atom stereocenters. The van der Waals surface area contributed by atoms with Crippen molar-refractivity contribution in [1.29, 1.82) is 0 Å². The Morgan fingerprint density at radius 1 is 1.15 bits per heavy atom. The number of hydrogen-bond donors (Lipinski definition) is 0. The molecule has 3 rings (SSSR count). The average molecular weight is 366 g/mol. The summed E-state index contributed by atoms with van der Waals surface area (Å²) < 4.78 is 24.1. The zero-order chi connectivity index (χ0) is 18.6. The molecule has 146 valence electrons. The van der Waals surface area contributed by atoms with E-state index in [0.717, 1.165) is 37.5 Å². The maximum absolute atomic E-state index is 12.0. The first-order valence-electron chi connectivity index (χ1n) is 9.80. The Morgan fingerprint density at radius 2 is 1.88 bits per heavy atom. The maximum atomic E-state index is 12.0. The van der Waals surface area contributed by atoms with E-state index in [1.54, 1.807) is 6.08 Å². The van der Waals surface area contributed by atoms with Gasteiger partial charge in [0, 0.05) is 18.8 Å². The molecule has 6 nitrogen and oxygen atoms in total. The van der Waals surface area contributed by atoms with Crippen molar-refractivity contribution in [2.24, 2.45) is 5.92 Å². The fourth-order valence-corrected chi connectivity index (χ4v) is 4.36. The number of ether oxygens (including phenoxy) is 4. The van der Waals surface area contributed by atoms with E-state index in [1.165, 1.54) is 6.42 Å². The fraction of sp³-hybridized carbons (Fsp3) is 0.800. The van der Waals surface area contributed by atoms with Crippen LogP contribution in [0.5, 0.6) is 0 Å². The van der Waals surface area contributed by atoms with Gasteiger partial charge in [-0.15, -0.1) is 0 Å². The molecule has 3 aliphatic rings. The largest absolute Gasteiger partial charge is 0.466 e. The molecule has 0 aromatic rings. The van der Waals surface area contributed by atoms with Crippen molar-refractivity contribution >= 4 is 12.3 Å². The van der Waals surface area contributed by atoms with Crippen molar-refractivity contribution in [3.63, 3.8) is 0 Å². The van der Waals surface area contributed by atoms with Gasteiger partial charge in [-0.2, -0.15) is 0 Å². The van der Waals surface area contributed by atoms with Crippen LogP contribution < -0.4 is 0 Å². The molecule has 1 spiro atoms. The first-order chi connectivity index (χ1) is 12.6. The van der Waals surface area contributed by atoms with E-state index in [-0.39, 0.29) is 36.6 Å². The second-order valence-electron chi connectivity index (χ2n) is 7.63. The van der Waals surface area contributed by atoms with Gasteiger partial charge in [0.15, 0.2) is 5.79 Å². The molecule has 1 saturated carbocycles. The highest BCUT2D eigenvalue weighted by atomic mass is 16.8. The predicted octanol–water partition coefficient (Wildman–Crippen LogP) is 2.93. The molecule has 2 saturated heterocycles. The summed E-state index contributed by atoms with van der Waals surface area (Å²) in [5.41, 5.74) is 0.959. The van der Waals surface area contributed by atoms with Crippen molar-refractivity contribution in [3.8, 4) is 0 Å². The smallest absolute Gasteiger partial charge is 0.306 e. The maximum Gasteiger partial charge on any atom is 0.306 e. The lowest BCUT2D eigenvalue weighted by molar-refractivity contribution is -0.198. The SMILES string of the molecule is CCOC(=O)C[C@@H]1CO[C@H](C/C(C)=C/C=O)[C@@H]2OC3(CCCCC3)O[C@H]12. The minimum Gasteiger partial charge on any atom is -0.466 e. The van der Waals surface area contributed by atoms with Crippen LogP contribution in [0.1, 0.15) is 58.8 Å². The summed E-state index contributed by atoms with van der Waals surface area (Å²) in [5.74, 6) is -0.815. The van der Waals surface area contributed by atoms with Crippen molar-refractivity contribution < 1.29 is 28.5 Å². The molecule has 0 aromatic carbocycles. The molecule has 0 aromatic heterocycles. The third-order valence-corrected chi connectivity index (χ3v) is 5.61. The van der Waals surface area contributed by atoms with Gasteiger partial charge in [0.2, 0.25) is 0 Å². The Balaban J connectivity index is 1.75. The molecular formula is C20H30O6. The van der Waals surface area contributed by atoms with Crippen molar-refractivity contribution in [2.45, 2.75) is 82.9 Å². The van der Waals surface area contributed by atoms with Crippen LogP contribution in [-0.4, -0.2) is 49.6 Å². The molecule has 6 heteroatoms. The van der Waals surface area contributed by atoms with Crippen LogP contribution in [0.15, 0.2) is 11.6 Å². The van der Waals surface area contributed by atoms with Crippen LogP contribution >= 0.6 is 0 Å². The molecule has 0 amide bonds. The Labute approximate surface area is 155 Å². The van der Waals surface area contributed by atoms with Crippen LogP contribution in [-0.2, 0) is 28.5 Å². The normalized spacial score (nSPS) is 33.7. The van der Waals surface area contributed by atoms with Crippen molar-refractivity contribution in [2.75, 3.05) is 13.2 Å². The average Bonchev–Trinajstić information content (AvgIpc) is 2.97. The van der Waals surface area contributed by atoms with Gasteiger partial charge in [0.05, 0.1) is 31.8 Å².